The number of rotatable bonds is 7. The molecule has 0 fully saturated rings. The minimum atomic E-state index is -0.349. The molecule has 4 rings (SSSR count). The SMILES string of the molecule is COc1ccccc1/C=N/Nc1nc(-c2ccc(F)cc2)c(NC(=O)c2ccccc2)s1. The molecular formula is C24H19FN4O2S. The van der Waals surface area contributed by atoms with Crippen molar-refractivity contribution < 1.29 is 13.9 Å². The van der Waals surface area contributed by atoms with E-state index < -0.39 is 0 Å². The first-order chi connectivity index (χ1) is 15.6. The first kappa shape index (κ1) is 21.2. The van der Waals surface area contributed by atoms with Crippen LogP contribution < -0.4 is 15.5 Å². The number of carbonyl (C=O) groups is 1. The van der Waals surface area contributed by atoms with Crippen molar-refractivity contribution in [2.24, 2.45) is 5.10 Å². The highest BCUT2D eigenvalue weighted by molar-refractivity contribution is 7.20. The van der Waals surface area contributed by atoms with Crippen LogP contribution in [0.2, 0.25) is 0 Å². The van der Waals surface area contributed by atoms with Crippen LogP contribution in [0, 0.1) is 5.82 Å². The second-order valence-corrected chi connectivity index (χ2v) is 7.63. The maximum atomic E-state index is 13.4. The van der Waals surface area contributed by atoms with Crippen LogP contribution in [-0.4, -0.2) is 24.2 Å². The van der Waals surface area contributed by atoms with E-state index in [9.17, 15) is 9.18 Å². The molecule has 160 valence electrons. The van der Waals surface area contributed by atoms with Crippen molar-refractivity contribution in [3.63, 3.8) is 0 Å². The van der Waals surface area contributed by atoms with E-state index in [1.165, 1.54) is 23.5 Å². The van der Waals surface area contributed by atoms with E-state index in [2.05, 4.69) is 20.8 Å². The van der Waals surface area contributed by atoms with E-state index in [1.807, 2.05) is 30.3 Å². The molecule has 0 unspecified atom stereocenters. The summed E-state index contributed by atoms with van der Waals surface area (Å²) in [5.74, 6) is 0.0836. The number of ether oxygens (including phenoxy) is 1. The number of nitrogens with zero attached hydrogens (tertiary/aromatic N) is 2. The Bertz CT molecular complexity index is 1240. The molecule has 3 aromatic carbocycles. The molecule has 1 amide bonds. The van der Waals surface area contributed by atoms with E-state index in [-0.39, 0.29) is 11.7 Å². The van der Waals surface area contributed by atoms with Gasteiger partial charge in [-0.15, -0.1) is 0 Å². The minimum absolute atomic E-state index is 0.262. The van der Waals surface area contributed by atoms with Gasteiger partial charge < -0.3 is 10.1 Å². The monoisotopic (exact) mass is 446 g/mol. The van der Waals surface area contributed by atoms with Gasteiger partial charge in [0, 0.05) is 16.7 Å². The van der Waals surface area contributed by atoms with E-state index >= 15 is 0 Å². The summed E-state index contributed by atoms with van der Waals surface area (Å²) in [6.07, 6.45) is 1.63. The number of para-hydroxylation sites is 1. The van der Waals surface area contributed by atoms with Crippen LogP contribution in [-0.2, 0) is 0 Å². The summed E-state index contributed by atoms with van der Waals surface area (Å²) in [5.41, 5.74) is 5.42. The Labute approximate surface area is 188 Å². The smallest absolute Gasteiger partial charge is 0.256 e. The maximum Gasteiger partial charge on any atom is 0.256 e. The fraction of sp³-hybridized carbons (Fsp3) is 0.0417. The average Bonchev–Trinajstić information content (AvgIpc) is 3.22. The van der Waals surface area contributed by atoms with Gasteiger partial charge >= 0.3 is 0 Å². The third-order valence-electron chi connectivity index (χ3n) is 4.51. The predicted molar refractivity (Wildman–Crippen MR) is 126 cm³/mol. The molecule has 0 saturated carbocycles. The van der Waals surface area contributed by atoms with Gasteiger partial charge in [-0.2, -0.15) is 5.10 Å². The van der Waals surface area contributed by atoms with Crippen molar-refractivity contribution in [1.82, 2.24) is 4.98 Å². The van der Waals surface area contributed by atoms with Crippen molar-refractivity contribution in [2.45, 2.75) is 0 Å². The number of carbonyl (C=O) groups excluding carboxylic acids is 1. The lowest BCUT2D eigenvalue weighted by molar-refractivity contribution is 0.102. The largest absolute Gasteiger partial charge is 0.496 e. The van der Waals surface area contributed by atoms with Crippen LogP contribution in [0.4, 0.5) is 14.5 Å². The Morgan fingerprint density at radius 1 is 1.03 bits per heavy atom. The Morgan fingerprint density at radius 2 is 1.75 bits per heavy atom. The molecule has 0 spiro atoms. The summed E-state index contributed by atoms with van der Waals surface area (Å²) in [7, 11) is 1.59. The third-order valence-corrected chi connectivity index (χ3v) is 5.39. The molecule has 32 heavy (non-hydrogen) atoms. The second-order valence-electron chi connectivity index (χ2n) is 6.64. The van der Waals surface area contributed by atoms with Gasteiger partial charge in [-0.25, -0.2) is 9.37 Å². The highest BCUT2D eigenvalue weighted by Crippen LogP contribution is 2.36. The summed E-state index contributed by atoms with van der Waals surface area (Å²) in [6, 6.07) is 22.3. The zero-order valence-electron chi connectivity index (χ0n) is 17.1. The van der Waals surface area contributed by atoms with Crippen LogP contribution in [0.1, 0.15) is 15.9 Å². The molecule has 1 aromatic heterocycles. The summed E-state index contributed by atoms with van der Waals surface area (Å²) in [4.78, 5) is 17.2. The zero-order chi connectivity index (χ0) is 22.3. The molecule has 0 radical (unpaired) electrons. The Morgan fingerprint density at radius 3 is 2.50 bits per heavy atom. The van der Waals surface area contributed by atoms with Gasteiger partial charge in [0.1, 0.15) is 22.3 Å². The topological polar surface area (TPSA) is 75.6 Å². The molecule has 0 aliphatic heterocycles. The van der Waals surface area contributed by atoms with Crippen LogP contribution in [0.3, 0.4) is 0 Å². The number of hydrogen-bond donors (Lipinski definition) is 2. The molecule has 1 heterocycles. The number of anilines is 2. The van der Waals surface area contributed by atoms with Crippen molar-refractivity contribution in [2.75, 3.05) is 17.9 Å². The summed E-state index contributed by atoms with van der Waals surface area (Å²) in [6.45, 7) is 0. The van der Waals surface area contributed by atoms with E-state index in [4.69, 9.17) is 4.74 Å². The molecule has 8 heteroatoms. The van der Waals surface area contributed by atoms with Gasteiger partial charge in [-0.3, -0.25) is 10.2 Å². The standard InChI is InChI=1S/C24H19FN4O2S/c1-31-20-10-6-5-9-18(20)15-26-29-24-27-21(16-11-13-19(25)14-12-16)23(32-24)28-22(30)17-7-3-2-4-8-17/h2-15H,1H3,(H,27,29)(H,28,30)/b26-15+. The van der Waals surface area contributed by atoms with Crippen molar-refractivity contribution in [3.8, 4) is 17.0 Å². The summed E-state index contributed by atoms with van der Waals surface area (Å²) < 4.78 is 18.7. The Hall–Kier alpha value is -4.04. The molecule has 0 atom stereocenters. The number of hydrazone groups is 1. The highest BCUT2D eigenvalue weighted by atomic mass is 32.1. The highest BCUT2D eigenvalue weighted by Gasteiger charge is 2.16. The van der Waals surface area contributed by atoms with Crippen LogP contribution in [0.25, 0.3) is 11.3 Å². The lowest BCUT2D eigenvalue weighted by atomic mass is 10.1. The number of thiazole rings is 1. The molecule has 6 nitrogen and oxygen atoms in total. The maximum absolute atomic E-state index is 13.4. The summed E-state index contributed by atoms with van der Waals surface area (Å²) >= 11 is 1.23. The molecule has 0 bridgehead atoms. The van der Waals surface area contributed by atoms with Gasteiger partial charge in [-0.1, -0.05) is 41.7 Å². The predicted octanol–water partition coefficient (Wildman–Crippen LogP) is 5.66. The fourth-order valence-electron chi connectivity index (χ4n) is 2.95. The second kappa shape index (κ2) is 9.84. The van der Waals surface area contributed by atoms with Gasteiger partial charge in [0.15, 0.2) is 0 Å². The number of aromatic nitrogens is 1. The number of benzene rings is 3. The van der Waals surface area contributed by atoms with Crippen molar-refractivity contribution in [1.29, 1.82) is 0 Å². The molecular weight excluding hydrogens is 427 g/mol. The molecule has 0 saturated heterocycles. The number of nitrogens with one attached hydrogen (secondary N) is 2. The number of halogens is 1. The molecule has 4 aromatic rings. The van der Waals surface area contributed by atoms with Crippen LogP contribution in [0.15, 0.2) is 84.0 Å². The fourth-order valence-corrected chi connectivity index (χ4v) is 3.78. The Balaban J connectivity index is 1.60. The van der Waals surface area contributed by atoms with E-state index in [0.717, 1.165) is 5.56 Å². The van der Waals surface area contributed by atoms with Gasteiger partial charge in [0.05, 0.1) is 13.3 Å². The molecule has 0 aliphatic rings. The summed E-state index contributed by atoms with van der Waals surface area (Å²) in [5, 5.41) is 8.14. The lowest BCUT2D eigenvalue weighted by Crippen LogP contribution is -2.11. The number of amides is 1. The van der Waals surface area contributed by atoms with Gasteiger partial charge in [-0.05, 0) is 48.5 Å². The normalized spacial score (nSPS) is 10.8. The lowest BCUT2D eigenvalue weighted by Gasteiger charge is -2.05. The van der Waals surface area contributed by atoms with Crippen molar-refractivity contribution in [3.05, 3.63) is 95.8 Å². The zero-order valence-corrected chi connectivity index (χ0v) is 17.9. The third kappa shape index (κ3) is 4.98. The first-order valence-electron chi connectivity index (χ1n) is 9.69. The average molecular weight is 447 g/mol. The molecule has 0 aliphatic carbocycles. The quantitative estimate of drug-likeness (QED) is 0.284. The van der Waals surface area contributed by atoms with E-state index in [1.54, 1.807) is 49.7 Å². The first-order valence-corrected chi connectivity index (χ1v) is 10.5. The van der Waals surface area contributed by atoms with Crippen molar-refractivity contribution >= 4 is 33.6 Å². The van der Waals surface area contributed by atoms with Crippen LogP contribution in [0.5, 0.6) is 5.75 Å². The number of methoxy groups -OCH3 is 1. The van der Waals surface area contributed by atoms with Crippen LogP contribution >= 0.6 is 11.3 Å². The minimum Gasteiger partial charge on any atom is -0.496 e. The Kier molecular flexibility index (Phi) is 6.52. The van der Waals surface area contributed by atoms with Gasteiger partial charge in [0.2, 0.25) is 5.13 Å². The molecule has 2 N–H and O–H groups in total. The number of hydrogen-bond acceptors (Lipinski definition) is 6. The van der Waals surface area contributed by atoms with E-state index in [0.29, 0.717) is 32.7 Å². The van der Waals surface area contributed by atoms with Gasteiger partial charge in [0.25, 0.3) is 5.91 Å².